The number of hydrogen-bond donors (Lipinski definition) is 1. The van der Waals surface area contributed by atoms with Gasteiger partial charge in [0.2, 0.25) is 0 Å². The van der Waals surface area contributed by atoms with Crippen LogP contribution < -0.4 is 5.32 Å². The molecule has 2 rings (SSSR count). The van der Waals surface area contributed by atoms with Crippen molar-refractivity contribution in [3.63, 3.8) is 0 Å². The van der Waals surface area contributed by atoms with Gasteiger partial charge in [-0.15, -0.1) is 0 Å². The summed E-state index contributed by atoms with van der Waals surface area (Å²) in [5.41, 5.74) is 2.35. The minimum Gasteiger partial charge on any atom is -0.465 e. The van der Waals surface area contributed by atoms with E-state index in [2.05, 4.69) is 5.32 Å². The molecule has 0 unspecified atom stereocenters. The van der Waals surface area contributed by atoms with E-state index in [-0.39, 0.29) is 12.6 Å². The summed E-state index contributed by atoms with van der Waals surface area (Å²) in [6, 6.07) is 16.7. The van der Waals surface area contributed by atoms with Crippen LogP contribution >= 0.6 is 0 Å². The van der Waals surface area contributed by atoms with E-state index in [1.165, 1.54) is 7.11 Å². The first-order valence-corrected chi connectivity index (χ1v) is 7.98. The van der Waals surface area contributed by atoms with Gasteiger partial charge in [0.15, 0.2) is 0 Å². The monoisotopic (exact) mass is 339 g/mol. The topological polar surface area (TPSA) is 64.6 Å². The number of carbonyl (C=O) groups is 2. The first-order valence-electron chi connectivity index (χ1n) is 7.98. The Kier molecular flexibility index (Phi) is 7.25. The fraction of sp³-hybridized carbons (Fsp3) is 0.200. The number of benzene rings is 2. The molecule has 0 bridgehead atoms. The summed E-state index contributed by atoms with van der Waals surface area (Å²) in [5.74, 6) is -0.363. The molecule has 0 aliphatic heterocycles. The van der Waals surface area contributed by atoms with Crippen molar-refractivity contribution in [2.45, 2.75) is 13.0 Å². The van der Waals surface area contributed by atoms with Gasteiger partial charge in [-0.3, -0.25) is 0 Å². The lowest BCUT2D eigenvalue weighted by Crippen LogP contribution is -2.24. The van der Waals surface area contributed by atoms with Crippen LogP contribution in [0.5, 0.6) is 0 Å². The number of carbonyl (C=O) groups excluding carboxylic acids is 2. The number of amides is 1. The SMILES string of the molecule is COC(=O)c1cccc(C=CCCNC(=O)OCc2ccccc2)c1. The van der Waals surface area contributed by atoms with Crippen molar-refractivity contribution in [1.82, 2.24) is 5.32 Å². The van der Waals surface area contributed by atoms with Gasteiger partial charge in [0.05, 0.1) is 12.7 Å². The smallest absolute Gasteiger partial charge is 0.407 e. The number of rotatable bonds is 7. The maximum absolute atomic E-state index is 11.6. The van der Waals surface area contributed by atoms with Crippen molar-refractivity contribution in [3.8, 4) is 0 Å². The highest BCUT2D eigenvalue weighted by Gasteiger charge is 2.04. The zero-order valence-electron chi connectivity index (χ0n) is 14.1. The average molecular weight is 339 g/mol. The van der Waals surface area contributed by atoms with Gasteiger partial charge in [0, 0.05) is 6.54 Å². The van der Waals surface area contributed by atoms with Crippen molar-refractivity contribution < 1.29 is 19.1 Å². The summed E-state index contributed by atoms with van der Waals surface area (Å²) < 4.78 is 9.81. The largest absolute Gasteiger partial charge is 0.465 e. The van der Waals surface area contributed by atoms with Gasteiger partial charge in [0.1, 0.15) is 6.61 Å². The lowest BCUT2D eigenvalue weighted by Gasteiger charge is -2.06. The van der Waals surface area contributed by atoms with E-state index in [1.807, 2.05) is 48.6 Å². The van der Waals surface area contributed by atoms with Gasteiger partial charge in [-0.05, 0) is 29.7 Å². The first-order chi connectivity index (χ1) is 12.2. The normalized spacial score (nSPS) is 10.4. The molecule has 2 aromatic rings. The van der Waals surface area contributed by atoms with Crippen LogP contribution in [-0.2, 0) is 16.1 Å². The Morgan fingerprint density at radius 3 is 2.64 bits per heavy atom. The molecule has 0 saturated heterocycles. The number of nitrogens with one attached hydrogen (secondary N) is 1. The predicted molar refractivity (Wildman–Crippen MR) is 96.1 cm³/mol. The van der Waals surface area contributed by atoms with Crippen LogP contribution in [0.3, 0.4) is 0 Å². The van der Waals surface area contributed by atoms with Gasteiger partial charge in [-0.25, -0.2) is 9.59 Å². The summed E-state index contributed by atoms with van der Waals surface area (Å²) in [6.45, 7) is 0.726. The fourth-order valence-electron chi connectivity index (χ4n) is 2.14. The van der Waals surface area contributed by atoms with Crippen LogP contribution in [0.4, 0.5) is 4.79 Å². The third kappa shape index (κ3) is 6.51. The summed E-state index contributed by atoms with van der Waals surface area (Å²) in [5, 5.41) is 2.69. The molecule has 1 amide bonds. The molecular weight excluding hydrogens is 318 g/mol. The molecule has 2 aromatic carbocycles. The summed E-state index contributed by atoms with van der Waals surface area (Å²) >= 11 is 0. The van der Waals surface area contributed by atoms with Gasteiger partial charge in [-0.1, -0.05) is 54.6 Å². The van der Waals surface area contributed by atoms with Crippen molar-refractivity contribution in [3.05, 3.63) is 77.4 Å². The van der Waals surface area contributed by atoms with Crippen LogP contribution in [0, 0.1) is 0 Å². The van der Waals surface area contributed by atoms with Crippen LogP contribution in [-0.4, -0.2) is 25.7 Å². The average Bonchev–Trinajstić information content (AvgIpc) is 2.66. The van der Waals surface area contributed by atoms with Crippen molar-refractivity contribution in [1.29, 1.82) is 0 Å². The predicted octanol–water partition coefficient (Wildman–Crippen LogP) is 3.80. The number of alkyl carbamates (subject to hydrolysis) is 1. The second-order valence-electron chi connectivity index (χ2n) is 5.30. The summed E-state index contributed by atoms with van der Waals surface area (Å²) in [7, 11) is 1.35. The van der Waals surface area contributed by atoms with Gasteiger partial charge in [0.25, 0.3) is 0 Å². The molecule has 25 heavy (non-hydrogen) atoms. The summed E-state index contributed by atoms with van der Waals surface area (Å²) in [6.07, 6.45) is 4.03. The van der Waals surface area contributed by atoms with Crippen molar-refractivity contribution >= 4 is 18.1 Å². The first kappa shape index (κ1) is 18.3. The van der Waals surface area contributed by atoms with E-state index in [0.717, 1.165) is 11.1 Å². The minimum absolute atomic E-state index is 0.253. The van der Waals surface area contributed by atoms with Gasteiger partial charge >= 0.3 is 12.1 Å². The van der Waals surface area contributed by atoms with E-state index < -0.39 is 6.09 Å². The molecule has 130 valence electrons. The molecule has 0 aliphatic rings. The van der Waals surface area contributed by atoms with Crippen molar-refractivity contribution in [2.24, 2.45) is 0 Å². The maximum Gasteiger partial charge on any atom is 0.407 e. The molecule has 5 nitrogen and oxygen atoms in total. The molecule has 0 heterocycles. The third-order valence-corrected chi connectivity index (χ3v) is 3.41. The van der Waals surface area contributed by atoms with Crippen molar-refractivity contribution in [2.75, 3.05) is 13.7 Å². The molecule has 0 radical (unpaired) electrons. The fourth-order valence-corrected chi connectivity index (χ4v) is 2.14. The molecule has 0 fully saturated rings. The highest BCUT2D eigenvalue weighted by Crippen LogP contribution is 2.08. The molecule has 0 saturated carbocycles. The zero-order valence-corrected chi connectivity index (χ0v) is 14.1. The molecule has 0 aromatic heterocycles. The second kappa shape index (κ2) is 9.93. The van der Waals surface area contributed by atoms with Crippen LogP contribution in [0.25, 0.3) is 6.08 Å². The number of esters is 1. The Morgan fingerprint density at radius 1 is 1.08 bits per heavy atom. The molecule has 0 aliphatic carbocycles. The van der Waals surface area contributed by atoms with E-state index in [1.54, 1.807) is 18.2 Å². The van der Waals surface area contributed by atoms with Gasteiger partial charge < -0.3 is 14.8 Å². The van der Waals surface area contributed by atoms with E-state index >= 15 is 0 Å². The molecule has 0 spiro atoms. The lowest BCUT2D eigenvalue weighted by molar-refractivity contribution is 0.0600. The van der Waals surface area contributed by atoms with E-state index in [0.29, 0.717) is 18.5 Å². The Bertz CT molecular complexity index is 725. The Hall–Kier alpha value is -3.08. The number of methoxy groups -OCH3 is 1. The van der Waals surface area contributed by atoms with Gasteiger partial charge in [-0.2, -0.15) is 0 Å². The minimum atomic E-state index is -0.440. The van der Waals surface area contributed by atoms with E-state index in [4.69, 9.17) is 9.47 Å². The van der Waals surface area contributed by atoms with E-state index in [9.17, 15) is 9.59 Å². The molecule has 5 heteroatoms. The maximum atomic E-state index is 11.6. The van der Waals surface area contributed by atoms with Crippen LogP contribution in [0.15, 0.2) is 60.7 Å². The Morgan fingerprint density at radius 2 is 1.88 bits per heavy atom. The Balaban J connectivity index is 1.69. The Labute approximate surface area is 147 Å². The lowest BCUT2D eigenvalue weighted by atomic mass is 10.1. The third-order valence-electron chi connectivity index (χ3n) is 3.41. The zero-order chi connectivity index (χ0) is 17.9. The highest BCUT2D eigenvalue weighted by atomic mass is 16.5. The molecule has 1 N–H and O–H groups in total. The molecular formula is C20H21NO4. The van der Waals surface area contributed by atoms with Crippen LogP contribution in [0.1, 0.15) is 27.9 Å². The second-order valence-corrected chi connectivity index (χ2v) is 5.30. The highest BCUT2D eigenvalue weighted by molar-refractivity contribution is 5.89. The number of ether oxygens (including phenoxy) is 2. The quantitative estimate of drug-likeness (QED) is 0.615. The standard InChI is InChI=1S/C20H21NO4/c1-24-19(22)18-12-7-11-16(14-18)8-5-6-13-21-20(23)25-15-17-9-3-2-4-10-17/h2-5,7-12,14H,6,13,15H2,1H3,(H,21,23). The van der Waals surface area contributed by atoms with Crippen LogP contribution in [0.2, 0.25) is 0 Å². The number of hydrogen-bond acceptors (Lipinski definition) is 4. The summed E-state index contributed by atoms with van der Waals surface area (Å²) in [4.78, 5) is 23.1. The molecule has 0 atom stereocenters.